The van der Waals surface area contributed by atoms with Gasteiger partial charge >= 0.3 is 11.9 Å². The predicted octanol–water partition coefficient (Wildman–Crippen LogP) is 5.45. The first-order valence-corrected chi connectivity index (χ1v) is 9.88. The van der Waals surface area contributed by atoms with Crippen LogP contribution in [-0.4, -0.2) is 25.2 Å². The van der Waals surface area contributed by atoms with Crippen molar-refractivity contribution >= 4 is 11.9 Å². The quantitative estimate of drug-likeness (QED) is 0.393. The lowest BCUT2D eigenvalue weighted by atomic mass is 10.0. The maximum absolute atomic E-state index is 11.7. The topological polar surface area (TPSA) is 87.6 Å². The normalized spacial score (nSPS) is 12.8. The highest BCUT2D eigenvalue weighted by Crippen LogP contribution is 2.14. The number of ether oxygens (including phenoxy) is 2. The second-order valence-corrected chi connectivity index (χ2v) is 6.70. The Morgan fingerprint density at radius 1 is 0.720 bits per heavy atom. The molecule has 2 atom stereocenters. The first kappa shape index (κ1) is 26.1. The fourth-order valence-corrected chi connectivity index (χ4v) is 2.57. The third kappa shape index (κ3) is 14.9. The van der Waals surface area contributed by atoms with Crippen LogP contribution in [0.15, 0.2) is 0 Å². The predicted molar refractivity (Wildman–Crippen MR) is 103 cm³/mol. The molecule has 150 valence electrons. The number of esters is 2. The lowest BCUT2D eigenvalue weighted by Gasteiger charge is -2.15. The Kier molecular flexibility index (Phi) is 18.5. The summed E-state index contributed by atoms with van der Waals surface area (Å²) in [5, 5.41) is 0. The second kappa shape index (κ2) is 17.7. The molecule has 3 N–H and O–H groups in total. The summed E-state index contributed by atoms with van der Waals surface area (Å²) in [5.74, 6) is 0.286. The lowest BCUT2D eigenvalue weighted by molar-refractivity contribution is -0.151. The molecule has 0 heterocycles. The van der Waals surface area contributed by atoms with E-state index in [0.29, 0.717) is 25.0 Å². The van der Waals surface area contributed by atoms with Crippen molar-refractivity contribution in [2.75, 3.05) is 13.2 Å². The van der Waals surface area contributed by atoms with E-state index in [0.717, 1.165) is 38.5 Å². The second-order valence-electron chi connectivity index (χ2n) is 6.70. The minimum absolute atomic E-state index is 0. The summed E-state index contributed by atoms with van der Waals surface area (Å²) in [4.78, 5) is 23.5. The van der Waals surface area contributed by atoms with Gasteiger partial charge in [0.2, 0.25) is 0 Å². The summed E-state index contributed by atoms with van der Waals surface area (Å²) in [6.07, 6.45) is 9.12. The molecule has 2 unspecified atom stereocenters. The Morgan fingerprint density at radius 3 is 1.36 bits per heavy atom. The van der Waals surface area contributed by atoms with E-state index >= 15 is 0 Å². The number of carbonyl (C=O) groups excluding carboxylic acids is 2. The van der Waals surface area contributed by atoms with Gasteiger partial charge in [-0.05, 0) is 24.7 Å². The van der Waals surface area contributed by atoms with Crippen LogP contribution in [0.1, 0.15) is 91.9 Å². The Morgan fingerprint density at radius 2 is 1.08 bits per heavy atom. The number of hydrogen-bond acceptors (Lipinski definition) is 5. The smallest absolute Gasteiger partial charge is 0.306 e. The van der Waals surface area contributed by atoms with Crippen molar-refractivity contribution in [3.8, 4) is 0 Å². The molecular weight excluding hydrogens is 318 g/mol. The van der Waals surface area contributed by atoms with Gasteiger partial charge in [0.25, 0.3) is 0 Å². The molecule has 0 bridgehead atoms. The van der Waals surface area contributed by atoms with Crippen LogP contribution in [0.5, 0.6) is 0 Å². The van der Waals surface area contributed by atoms with Crippen LogP contribution < -0.4 is 6.15 Å². The molecule has 0 spiro atoms. The first-order chi connectivity index (χ1) is 11.6. The third-order valence-electron chi connectivity index (χ3n) is 4.58. The third-order valence-corrected chi connectivity index (χ3v) is 4.58. The number of carbonyl (C=O) groups is 2. The molecular formula is C20H41NO4. The van der Waals surface area contributed by atoms with Crippen molar-refractivity contribution < 1.29 is 19.1 Å². The van der Waals surface area contributed by atoms with E-state index < -0.39 is 0 Å². The molecule has 5 nitrogen and oxygen atoms in total. The highest BCUT2D eigenvalue weighted by atomic mass is 16.5. The summed E-state index contributed by atoms with van der Waals surface area (Å²) in [5.41, 5.74) is 0. The van der Waals surface area contributed by atoms with Gasteiger partial charge in [0, 0.05) is 0 Å². The largest absolute Gasteiger partial charge is 0.465 e. The zero-order valence-corrected chi connectivity index (χ0v) is 17.0. The molecule has 0 fully saturated rings. The van der Waals surface area contributed by atoms with Gasteiger partial charge in [0.05, 0.1) is 26.1 Å². The molecule has 0 aliphatic carbocycles. The zero-order valence-electron chi connectivity index (χ0n) is 17.0. The number of hydrogen-bond donors (Lipinski definition) is 1. The van der Waals surface area contributed by atoms with Crippen molar-refractivity contribution in [1.29, 1.82) is 0 Å². The van der Waals surface area contributed by atoms with E-state index in [1.54, 1.807) is 0 Å². The maximum Gasteiger partial charge on any atom is 0.306 e. The number of unbranched alkanes of at least 4 members (excludes halogenated alkanes) is 2. The molecule has 0 aliphatic rings. The van der Waals surface area contributed by atoms with Crippen LogP contribution >= 0.6 is 0 Å². The fraction of sp³-hybridized carbons (Fsp3) is 0.900. The molecule has 0 saturated carbocycles. The minimum atomic E-state index is -0.292. The molecule has 25 heavy (non-hydrogen) atoms. The van der Waals surface area contributed by atoms with Crippen LogP contribution in [-0.2, 0) is 19.1 Å². The summed E-state index contributed by atoms with van der Waals surface area (Å²) in [7, 11) is 0. The van der Waals surface area contributed by atoms with Gasteiger partial charge in [-0.2, -0.15) is 0 Å². The van der Waals surface area contributed by atoms with E-state index in [1.807, 2.05) is 0 Å². The molecule has 0 aromatic rings. The molecule has 0 aromatic carbocycles. The molecule has 0 saturated heterocycles. The molecule has 0 aromatic heterocycles. The van der Waals surface area contributed by atoms with Crippen molar-refractivity contribution in [3.05, 3.63) is 0 Å². The van der Waals surface area contributed by atoms with Crippen LogP contribution in [0.25, 0.3) is 0 Å². The Balaban J connectivity index is 0. The van der Waals surface area contributed by atoms with Crippen LogP contribution in [0.3, 0.4) is 0 Å². The van der Waals surface area contributed by atoms with Crippen molar-refractivity contribution in [3.63, 3.8) is 0 Å². The van der Waals surface area contributed by atoms with Gasteiger partial charge in [-0.1, -0.05) is 66.2 Å². The summed E-state index contributed by atoms with van der Waals surface area (Å²) < 4.78 is 10.6. The average molecular weight is 360 g/mol. The van der Waals surface area contributed by atoms with E-state index in [9.17, 15) is 9.59 Å². The number of rotatable bonds is 15. The highest BCUT2D eigenvalue weighted by Gasteiger charge is 2.14. The van der Waals surface area contributed by atoms with Crippen molar-refractivity contribution in [2.24, 2.45) is 11.8 Å². The molecule has 0 radical (unpaired) electrons. The lowest BCUT2D eigenvalue weighted by Crippen LogP contribution is -2.17. The van der Waals surface area contributed by atoms with Gasteiger partial charge in [0.15, 0.2) is 0 Å². The highest BCUT2D eigenvalue weighted by molar-refractivity contribution is 5.77. The molecule has 0 aliphatic heterocycles. The SMILES string of the molecule is CCCCC(CC)COC(=O)CCC(=O)OCC(CC)CCCC.N. The Labute approximate surface area is 154 Å². The van der Waals surface area contributed by atoms with Crippen molar-refractivity contribution in [1.82, 2.24) is 6.15 Å². The standard InChI is InChI=1S/C20H38O4.H3N/c1-5-9-11-17(7-3)15-23-19(21)13-14-20(22)24-16-18(8-4)12-10-6-2;/h17-18H,5-16H2,1-4H3;1H3. The van der Waals surface area contributed by atoms with Gasteiger partial charge in [-0.15, -0.1) is 0 Å². The van der Waals surface area contributed by atoms with Crippen LogP contribution in [0.4, 0.5) is 0 Å². The van der Waals surface area contributed by atoms with E-state index in [-0.39, 0.29) is 30.9 Å². The van der Waals surface area contributed by atoms with Crippen LogP contribution in [0, 0.1) is 11.8 Å². The maximum atomic E-state index is 11.7. The van der Waals surface area contributed by atoms with E-state index in [1.165, 1.54) is 12.8 Å². The average Bonchev–Trinajstić information content (AvgIpc) is 2.60. The summed E-state index contributed by atoms with van der Waals surface area (Å²) >= 11 is 0. The summed E-state index contributed by atoms with van der Waals surface area (Å²) in [6.45, 7) is 9.51. The van der Waals surface area contributed by atoms with Gasteiger partial charge < -0.3 is 15.6 Å². The molecule has 0 rings (SSSR count). The first-order valence-electron chi connectivity index (χ1n) is 9.88. The monoisotopic (exact) mass is 359 g/mol. The Bertz CT molecular complexity index is 302. The van der Waals surface area contributed by atoms with Crippen LogP contribution in [0.2, 0.25) is 0 Å². The fourth-order valence-electron chi connectivity index (χ4n) is 2.57. The zero-order chi connectivity index (χ0) is 18.2. The van der Waals surface area contributed by atoms with E-state index in [2.05, 4.69) is 27.7 Å². The Hall–Kier alpha value is -1.10. The van der Waals surface area contributed by atoms with Gasteiger partial charge in [-0.25, -0.2) is 0 Å². The molecule has 5 heteroatoms. The molecule has 0 amide bonds. The summed E-state index contributed by atoms with van der Waals surface area (Å²) in [6, 6.07) is 0. The minimum Gasteiger partial charge on any atom is -0.465 e. The van der Waals surface area contributed by atoms with Gasteiger partial charge in [-0.3, -0.25) is 9.59 Å². The van der Waals surface area contributed by atoms with Gasteiger partial charge in [0.1, 0.15) is 0 Å². The van der Waals surface area contributed by atoms with Crippen molar-refractivity contribution in [2.45, 2.75) is 91.9 Å². The van der Waals surface area contributed by atoms with E-state index in [4.69, 9.17) is 9.47 Å².